The van der Waals surface area contributed by atoms with E-state index in [0.717, 1.165) is 5.69 Å². The Morgan fingerprint density at radius 3 is 2.60 bits per heavy atom. The van der Waals surface area contributed by atoms with Crippen molar-refractivity contribution in [1.82, 2.24) is 9.88 Å². The third-order valence-electron chi connectivity index (χ3n) is 4.44. The van der Waals surface area contributed by atoms with Crippen molar-refractivity contribution < 1.29 is 13.6 Å². The minimum atomic E-state index is -0.497. The Bertz CT molecular complexity index is 986. The number of carbonyl (C=O) groups excluding carboxylic acids is 1. The van der Waals surface area contributed by atoms with Gasteiger partial charge >= 0.3 is 5.76 Å². The topological polar surface area (TPSA) is 69.6 Å². The van der Waals surface area contributed by atoms with E-state index in [1.165, 1.54) is 12.1 Å². The molecule has 128 valence electrons. The van der Waals surface area contributed by atoms with Crippen LogP contribution in [0.5, 0.6) is 0 Å². The van der Waals surface area contributed by atoms with Crippen LogP contribution in [0.3, 0.4) is 0 Å². The normalized spacial score (nSPS) is 14.9. The molecule has 0 radical (unpaired) electrons. The fourth-order valence-electron chi connectivity index (χ4n) is 3.10. The van der Waals surface area contributed by atoms with Gasteiger partial charge in [-0.05, 0) is 24.3 Å². The minimum absolute atomic E-state index is 0.103. The smallest absolute Gasteiger partial charge is 0.408 e. The van der Waals surface area contributed by atoms with Crippen LogP contribution in [0.2, 0.25) is 0 Å². The SMILES string of the molecule is O=C(c1ccccc1F)N1CCN(c2ccc3[nH]c(=O)oc3c2)CC1. The molecule has 0 aliphatic carbocycles. The van der Waals surface area contributed by atoms with Gasteiger partial charge in [-0.15, -0.1) is 0 Å². The largest absolute Gasteiger partial charge is 0.417 e. The quantitative estimate of drug-likeness (QED) is 0.776. The van der Waals surface area contributed by atoms with Crippen LogP contribution < -0.4 is 10.7 Å². The minimum Gasteiger partial charge on any atom is -0.408 e. The van der Waals surface area contributed by atoms with E-state index in [1.54, 1.807) is 23.1 Å². The zero-order chi connectivity index (χ0) is 17.4. The van der Waals surface area contributed by atoms with Crippen molar-refractivity contribution in [2.75, 3.05) is 31.1 Å². The van der Waals surface area contributed by atoms with Crippen LogP contribution in [0, 0.1) is 5.82 Å². The average Bonchev–Trinajstić information content (AvgIpc) is 3.01. The Kier molecular flexibility index (Phi) is 3.76. The van der Waals surface area contributed by atoms with Crippen LogP contribution in [0.1, 0.15) is 10.4 Å². The van der Waals surface area contributed by atoms with Crippen molar-refractivity contribution in [2.24, 2.45) is 0 Å². The van der Waals surface area contributed by atoms with Gasteiger partial charge in [0.2, 0.25) is 0 Å². The third kappa shape index (κ3) is 2.88. The molecular weight excluding hydrogens is 325 g/mol. The van der Waals surface area contributed by atoms with Crippen LogP contribution in [0.15, 0.2) is 51.7 Å². The van der Waals surface area contributed by atoms with Crippen molar-refractivity contribution in [1.29, 1.82) is 0 Å². The lowest BCUT2D eigenvalue weighted by Crippen LogP contribution is -2.49. The van der Waals surface area contributed by atoms with Gasteiger partial charge in [0, 0.05) is 37.9 Å². The molecule has 4 rings (SSSR count). The maximum absolute atomic E-state index is 13.8. The second-order valence-corrected chi connectivity index (χ2v) is 5.95. The molecule has 0 bridgehead atoms. The van der Waals surface area contributed by atoms with E-state index in [-0.39, 0.29) is 11.5 Å². The number of nitrogens with zero attached hydrogens (tertiary/aromatic N) is 2. The van der Waals surface area contributed by atoms with E-state index >= 15 is 0 Å². The van der Waals surface area contributed by atoms with E-state index in [0.29, 0.717) is 37.3 Å². The van der Waals surface area contributed by atoms with E-state index in [1.807, 2.05) is 12.1 Å². The van der Waals surface area contributed by atoms with Gasteiger partial charge in [-0.2, -0.15) is 0 Å². The number of aromatic amines is 1. The summed E-state index contributed by atoms with van der Waals surface area (Å²) in [5.74, 6) is -1.26. The lowest BCUT2D eigenvalue weighted by Gasteiger charge is -2.36. The summed E-state index contributed by atoms with van der Waals surface area (Å²) in [7, 11) is 0. The van der Waals surface area contributed by atoms with E-state index in [9.17, 15) is 14.0 Å². The van der Waals surface area contributed by atoms with Crippen molar-refractivity contribution in [3.05, 3.63) is 64.4 Å². The molecule has 6 nitrogen and oxygen atoms in total. The summed E-state index contributed by atoms with van der Waals surface area (Å²) >= 11 is 0. The number of fused-ring (bicyclic) bond motifs is 1. The molecule has 0 saturated carbocycles. The predicted octanol–water partition coefficient (Wildman–Crippen LogP) is 2.22. The highest BCUT2D eigenvalue weighted by Gasteiger charge is 2.24. The Morgan fingerprint density at radius 1 is 1.08 bits per heavy atom. The van der Waals surface area contributed by atoms with Crippen LogP contribution >= 0.6 is 0 Å². The first kappa shape index (κ1) is 15.4. The van der Waals surface area contributed by atoms with Crippen molar-refractivity contribution in [2.45, 2.75) is 0 Å². The average molecular weight is 341 g/mol. The molecule has 1 aliphatic heterocycles. The molecule has 1 aliphatic rings. The first-order valence-electron chi connectivity index (χ1n) is 8.03. The van der Waals surface area contributed by atoms with Gasteiger partial charge in [-0.25, -0.2) is 9.18 Å². The summed E-state index contributed by atoms with van der Waals surface area (Å²) in [5, 5.41) is 0. The fraction of sp³-hybridized carbons (Fsp3) is 0.222. The number of hydrogen-bond donors (Lipinski definition) is 1. The van der Waals surface area contributed by atoms with Gasteiger partial charge in [0.05, 0.1) is 11.1 Å². The number of nitrogens with one attached hydrogen (secondary N) is 1. The van der Waals surface area contributed by atoms with Gasteiger partial charge < -0.3 is 14.2 Å². The number of benzene rings is 2. The number of rotatable bonds is 2. The Labute approximate surface area is 142 Å². The number of aromatic nitrogens is 1. The molecule has 1 saturated heterocycles. The molecular formula is C18H16FN3O3. The molecule has 25 heavy (non-hydrogen) atoms. The second-order valence-electron chi connectivity index (χ2n) is 5.95. The summed E-state index contributed by atoms with van der Waals surface area (Å²) in [6, 6.07) is 11.5. The van der Waals surface area contributed by atoms with Crippen molar-refractivity contribution in [3.63, 3.8) is 0 Å². The number of amides is 1. The molecule has 0 unspecified atom stereocenters. The Hall–Kier alpha value is -3.09. The van der Waals surface area contributed by atoms with Crippen LogP contribution in [0.25, 0.3) is 11.1 Å². The summed E-state index contributed by atoms with van der Waals surface area (Å²) in [6.45, 7) is 2.26. The van der Waals surface area contributed by atoms with Gasteiger partial charge in [0.15, 0.2) is 5.58 Å². The molecule has 0 atom stereocenters. The molecule has 1 fully saturated rings. The molecule has 1 N–H and O–H groups in total. The van der Waals surface area contributed by atoms with Crippen molar-refractivity contribution in [3.8, 4) is 0 Å². The highest BCUT2D eigenvalue weighted by molar-refractivity contribution is 5.94. The van der Waals surface area contributed by atoms with Gasteiger partial charge in [0.25, 0.3) is 5.91 Å². The zero-order valence-electron chi connectivity index (χ0n) is 13.4. The highest BCUT2D eigenvalue weighted by Crippen LogP contribution is 2.22. The maximum Gasteiger partial charge on any atom is 0.417 e. The monoisotopic (exact) mass is 341 g/mol. The van der Waals surface area contributed by atoms with Crippen LogP contribution in [-0.4, -0.2) is 42.0 Å². The van der Waals surface area contributed by atoms with E-state index < -0.39 is 11.6 Å². The van der Waals surface area contributed by atoms with Crippen LogP contribution in [0.4, 0.5) is 10.1 Å². The lowest BCUT2D eigenvalue weighted by atomic mass is 10.1. The standard InChI is InChI=1S/C18H16FN3O3/c19-14-4-2-1-3-13(14)17(23)22-9-7-21(8-10-22)12-5-6-15-16(11-12)25-18(24)20-15/h1-6,11H,7-10H2,(H,20,24). The summed E-state index contributed by atoms with van der Waals surface area (Å²) in [4.78, 5) is 30.1. The summed E-state index contributed by atoms with van der Waals surface area (Å²) in [5.41, 5.74) is 2.19. The van der Waals surface area contributed by atoms with Crippen molar-refractivity contribution >= 4 is 22.7 Å². The number of hydrogen-bond acceptors (Lipinski definition) is 4. The second kappa shape index (κ2) is 6.08. The van der Waals surface area contributed by atoms with Crippen LogP contribution in [-0.2, 0) is 0 Å². The van der Waals surface area contributed by atoms with E-state index in [4.69, 9.17) is 4.42 Å². The molecule has 1 amide bonds. The molecule has 2 aromatic carbocycles. The summed E-state index contributed by atoms with van der Waals surface area (Å²) < 4.78 is 18.9. The first-order valence-corrected chi connectivity index (χ1v) is 8.03. The predicted molar refractivity (Wildman–Crippen MR) is 91.4 cm³/mol. The number of halogens is 1. The molecule has 1 aromatic heterocycles. The first-order chi connectivity index (χ1) is 12.1. The number of oxazole rings is 1. The highest BCUT2D eigenvalue weighted by atomic mass is 19.1. The number of anilines is 1. The zero-order valence-corrected chi connectivity index (χ0v) is 13.4. The number of piperazine rings is 1. The fourth-order valence-corrected chi connectivity index (χ4v) is 3.10. The van der Waals surface area contributed by atoms with Gasteiger partial charge in [0.1, 0.15) is 5.82 Å². The van der Waals surface area contributed by atoms with Gasteiger partial charge in [-0.1, -0.05) is 12.1 Å². The Balaban J connectivity index is 1.48. The molecule has 7 heteroatoms. The van der Waals surface area contributed by atoms with Gasteiger partial charge in [-0.3, -0.25) is 9.78 Å². The molecule has 2 heterocycles. The lowest BCUT2D eigenvalue weighted by molar-refractivity contribution is 0.0742. The summed E-state index contributed by atoms with van der Waals surface area (Å²) in [6.07, 6.45) is 0. The number of carbonyl (C=O) groups is 1. The van der Waals surface area contributed by atoms with E-state index in [2.05, 4.69) is 9.88 Å². The molecule has 3 aromatic rings. The molecule has 0 spiro atoms. The third-order valence-corrected chi connectivity index (χ3v) is 4.44. The number of H-pyrrole nitrogens is 1. The maximum atomic E-state index is 13.8. The Morgan fingerprint density at radius 2 is 1.84 bits per heavy atom.